The van der Waals surface area contributed by atoms with Crippen LogP contribution < -0.4 is 0 Å². The Hall–Kier alpha value is -1.82. The molecule has 2 aliphatic rings. The third-order valence-electron chi connectivity index (χ3n) is 4.88. The van der Waals surface area contributed by atoms with Crippen molar-refractivity contribution in [2.75, 3.05) is 6.54 Å². The number of benzene rings is 1. The molecule has 23 heavy (non-hydrogen) atoms. The standard InChI is InChI=1S/C17H20F2N2O2/c1-2-7-17-8-4-9-21(17)20(15(23)10-14(17)22)11-12-5-3-6-13(18)16(12)19/h3,5-6H,2,4,7-11H2,1H3/t17-/m1/s1. The lowest BCUT2D eigenvalue weighted by Gasteiger charge is -2.47. The minimum atomic E-state index is -0.933. The van der Waals surface area contributed by atoms with Crippen LogP contribution in [0.15, 0.2) is 18.2 Å². The van der Waals surface area contributed by atoms with Crippen LogP contribution in [-0.2, 0) is 16.1 Å². The average molecular weight is 322 g/mol. The highest BCUT2D eigenvalue weighted by Gasteiger charge is 2.53. The first-order chi connectivity index (χ1) is 11.0. The summed E-state index contributed by atoms with van der Waals surface area (Å²) in [6.07, 6.45) is 2.89. The monoisotopic (exact) mass is 322 g/mol. The van der Waals surface area contributed by atoms with E-state index in [9.17, 15) is 18.4 Å². The lowest BCUT2D eigenvalue weighted by Crippen LogP contribution is -2.64. The molecule has 3 rings (SSSR count). The molecule has 2 fully saturated rings. The van der Waals surface area contributed by atoms with Crippen LogP contribution in [-0.4, -0.2) is 33.8 Å². The smallest absolute Gasteiger partial charge is 0.244 e. The molecule has 6 heteroatoms. The topological polar surface area (TPSA) is 40.6 Å². The Balaban J connectivity index is 1.93. The number of hydrogen-bond acceptors (Lipinski definition) is 3. The molecule has 124 valence electrons. The molecule has 0 N–H and O–H groups in total. The number of hydrazine groups is 1. The van der Waals surface area contributed by atoms with Gasteiger partial charge < -0.3 is 0 Å². The second-order valence-corrected chi connectivity index (χ2v) is 6.27. The highest BCUT2D eigenvalue weighted by Crippen LogP contribution is 2.40. The van der Waals surface area contributed by atoms with Crippen LogP contribution >= 0.6 is 0 Å². The molecule has 4 nitrogen and oxygen atoms in total. The summed E-state index contributed by atoms with van der Waals surface area (Å²) < 4.78 is 27.4. The van der Waals surface area contributed by atoms with Crippen molar-refractivity contribution in [3.8, 4) is 0 Å². The zero-order valence-electron chi connectivity index (χ0n) is 13.1. The number of amides is 1. The molecule has 0 aliphatic carbocycles. The van der Waals surface area contributed by atoms with Crippen molar-refractivity contribution in [1.82, 2.24) is 10.0 Å². The summed E-state index contributed by atoms with van der Waals surface area (Å²) in [5, 5.41) is 3.25. The quantitative estimate of drug-likeness (QED) is 0.801. The van der Waals surface area contributed by atoms with E-state index < -0.39 is 17.2 Å². The molecule has 0 spiro atoms. The minimum absolute atomic E-state index is 0.0405. The number of ketones is 1. The molecule has 0 unspecified atom stereocenters. The fraction of sp³-hybridized carbons (Fsp3) is 0.529. The number of carbonyl (C=O) groups is 2. The lowest BCUT2D eigenvalue weighted by molar-refractivity contribution is -0.178. The zero-order valence-corrected chi connectivity index (χ0v) is 13.1. The van der Waals surface area contributed by atoms with E-state index in [1.165, 1.54) is 17.1 Å². The highest BCUT2D eigenvalue weighted by molar-refractivity contribution is 6.05. The summed E-state index contributed by atoms with van der Waals surface area (Å²) in [4.78, 5) is 24.8. The number of Topliss-reactive ketones (excluding diaryl/α,β-unsaturated/α-hetero) is 1. The maximum Gasteiger partial charge on any atom is 0.244 e. The first-order valence-electron chi connectivity index (χ1n) is 8.03. The van der Waals surface area contributed by atoms with Gasteiger partial charge in [0.1, 0.15) is 0 Å². The van der Waals surface area contributed by atoms with Crippen LogP contribution in [0.2, 0.25) is 0 Å². The van der Waals surface area contributed by atoms with Gasteiger partial charge in [-0.3, -0.25) is 14.6 Å². The molecule has 2 heterocycles. The minimum Gasteiger partial charge on any atom is -0.297 e. The summed E-state index contributed by atoms with van der Waals surface area (Å²) in [6, 6.07) is 3.95. The lowest BCUT2D eigenvalue weighted by atomic mass is 9.83. The molecular formula is C17H20F2N2O2. The second kappa shape index (κ2) is 6.00. The number of halogens is 2. The van der Waals surface area contributed by atoms with E-state index in [0.29, 0.717) is 13.0 Å². The van der Waals surface area contributed by atoms with Crippen LogP contribution in [0, 0.1) is 11.6 Å². The van der Waals surface area contributed by atoms with E-state index in [1.807, 2.05) is 6.92 Å². The van der Waals surface area contributed by atoms with Crippen molar-refractivity contribution in [2.24, 2.45) is 0 Å². The van der Waals surface area contributed by atoms with Crippen LogP contribution in [0.5, 0.6) is 0 Å². The van der Waals surface area contributed by atoms with Gasteiger partial charge in [0, 0.05) is 12.1 Å². The Bertz CT molecular complexity index is 649. The molecule has 0 radical (unpaired) electrons. The van der Waals surface area contributed by atoms with Gasteiger partial charge in [-0.05, 0) is 25.3 Å². The van der Waals surface area contributed by atoms with Crippen molar-refractivity contribution in [3.63, 3.8) is 0 Å². The maximum absolute atomic E-state index is 13.9. The maximum atomic E-state index is 13.9. The van der Waals surface area contributed by atoms with Crippen LogP contribution in [0.1, 0.15) is 44.6 Å². The van der Waals surface area contributed by atoms with Crippen molar-refractivity contribution in [3.05, 3.63) is 35.4 Å². The number of hydrogen-bond donors (Lipinski definition) is 0. The molecule has 0 saturated carbocycles. The van der Waals surface area contributed by atoms with Gasteiger partial charge in [-0.25, -0.2) is 13.8 Å². The van der Waals surface area contributed by atoms with Gasteiger partial charge in [0.05, 0.1) is 18.5 Å². The van der Waals surface area contributed by atoms with Crippen LogP contribution in [0.4, 0.5) is 8.78 Å². The summed E-state index contributed by atoms with van der Waals surface area (Å²) in [5.41, 5.74) is -0.517. The summed E-state index contributed by atoms with van der Waals surface area (Å²) >= 11 is 0. The van der Waals surface area contributed by atoms with Crippen molar-refractivity contribution in [2.45, 2.75) is 51.1 Å². The average Bonchev–Trinajstić information content (AvgIpc) is 2.93. The molecule has 1 amide bonds. The Morgan fingerprint density at radius 3 is 2.78 bits per heavy atom. The number of rotatable bonds is 4. The van der Waals surface area contributed by atoms with Gasteiger partial charge in [-0.1, -0.05) is 25.5 Å². The predicted octanol–water partition coefficient (Wildman–Crippen LogP) is 2.82. The summed E-state index contributed by atoms with van der Waals surface area (Å²) in [5.74, 6) is -2.24. The van der Waals surface area contributed by atoms with Gasteiger partial charge in [-0.15, -0.1) is 0 Å². The summed E-state index contributed by atoms with van der Waals surface area (Å²) in [7, 11) is 0. The van der Waals surface area contributed by atoms with E-state index in [4.69, 9.17) is 0 Å². The van der Waals surface area contributed by atoms with Gasteiger partial charge >= 0.3 is 0 Å². The van der Waals surface area contributed by atoms with E-state index in [0.717, 1.165) is 25.3 Å². The highest BCUT2D eigenvalue weighted by atomic mass is 19.2. The summed E-state index contributed by atoms with van der Waals surface area (Å²) in [6.45, 7) is 2.56. The fourth-order valence-electron chi connectivity index (χ4n) is 3.84. The van der Waals surface area contributed by atoms with E-state index in [-0.39, 0.29) is 30.2 Å². The molecule has 2 saturated heterocycles. The van der Waals surface area contributed by atoms with E-state index in [1.54, 1.807) is 5.01 Å². The first kappa shape index (κ1) is 16.1. The second-order valence-electron chi connectivity index (χ2n) is 6.27. The number of nitrogens with zero attached hydrogens (tertiary/aromatic N) is 2. The third kappa shape index (κ3) is 2.55. The zero-order chi connectivity index (χ0) is 16.6. The normalized spacial score (nSPS) is 25.1. The molecule has 0 bridgehead atoms. The molecule has 1 atom stereocenters. The molecular weight excluding hydrogens is 302 g/mol. The fourth-order valence-corrected chi connectivity index (χ4v) is 3.84. The Morgan fingerprint density at radius 2 is 2.04 bits per heavy atom. The van der Waals surface area contributed by atoms with Gasteiger partial charge in [-0.2, -0.15) is 0 Å². The van der Waals surface area contributed by atoms with Crippen molar-refractivity contribution >= 4 is 11.7 Å². The molecule has 1 aromatic rings. The predicted molar refractivity (Wildman–Crippen MR) is 80.1 cm³/mol. The van der Waals surface area contributed by atoms with Crippen molar-refractivity contribution < 1.29 is 18.4 Å². The van der Waals surface area contributed by atoms with Crippen molar-refractivity contribution in [1.29, 1.82) is 0 Å². The van der Waals surface area contributed by atoms with E-state index in [2.05, 4.69) is 0 Å². The largest absolute Gasteiger partial charge is 0.297 e. The SMILES string of the molecule is CCC[C@]12CCCN1N(Cc1cccc(F)c1F)C(=O)CC2=O. The first-order valence-corrected chi connectivity index (χ1v) is 8.03. The van der Waals surface area contributed by atoms with Gasteiger partial charge in [0.2, 0.25) is 5.91 Å². The van der Waals surface area contributed by atoms with Crippen LogP contribution in [0.3, 0.4) is 0 Å². The van der Waals surface area contributed by atoms with E-state index >= 15 is 0 Å². The molecule has 2 aliphatic heterocycles. The Morgan fingerprint density at radius 1 is 1.26 bits per heavy atom. The molecule has 1 aromatic carbocycles. The molecule has 0 aromatic heterocycles. The Labute approximate surface area is 134 Å². The van der Waals surface area contributed by atoms with Crippen LogP contribution in [0.25, 0.3) is 0 Å². The van der Waals surface area contributed by atoms with Gasteiger partial charge in [0.15, 0.2) is 17.4 Å². The number of fused-ring (bicyclic) bond motifs is 1. The number of carbonyl (C=O) groups excluding carboxylic acids is 2. The third-order valence-corrected chi connectivity index (χ3v) is 4.88. The van der Waals surface area contributed by atoms with Gasteiger partial charge in [0.25, 0.3) is 0 Å². The Kier molecular flexibility index (Phi) is 4.19.